The third-order valence-corrected chi connectivity index (χ3v) is 3.13. The van der Waals surface area contributed by atoms with E-state index in [2.05, 4.69) is 0 Å². The van der Waals surface area contributed by atoms with Crippen molar-refractivity contribution in [1.29, 1.82) is 0 Å². The number of esters is 1. The lowest BCUT2D eigenvalue weighted by Gasteiger charge is -2.32. The number of piperidine rings is 1. The summed E-state index contributed by atoms with van der Waals surface area (Å²) in [5, 5.41) is 0. The molecule has 7 heteroatoms. The first kappa shape index (κ1) is 14.9. The van der Waals surface area contributed by atoms with Crippen molar-refractivity contribution in [2.24, 2.45) is 5.92 Å². The molecule has 0 radical (unpaired) electrons. The lowest BCUT2D eigenvalue weighted by Crippen LogP contribution is -2.45. The molecule has 1 amide bonds. The monoisotopic (exact) mass is 301 g/mol. The summed E-state index contributed by atoms with van der Waals surface area (Å²) in [6.45, 7) is 2.96. The van der Waals surface area contributed by atoms with Gasteiger partial charge in [-0.1, -0.05) is 34.8 Å². The quantitative estimate of drug-likeness (QED) is 0.580. The van der Waals surface area contributed by atoms with E-state index < -0.39 is 9.70 Å². The van der Waals surface area contributed by atoms with Gasteiger partial charge in [0.05, 0.1) is 12.5 Å². The van der Waals surface area contributed by atoms with Crippen molar-refractivity contribution in [2.75, 3.05) is 19.7 Å². The highest BCUT2D eigenvalue weighted by Gasteiger charge is 2.37. The second-order valence-electron chi connectivity index (χ2n) is 3.82. The second-order valence-corrected chi connectivity index (χ2v) is 6.10. The maximum Gasteiger partial charge on any atom is 0.309 e. The minimum absolute atomic E-state index is 0.158. The molecule has 98 valence electrons. The molecule has 17 heavy (non-hydrogen) atoms. The molecule has 0 bridgehead atoms. The van der Waals surface area contributed by atoms with Crippen LogP contribution in [0, 0.1) is 5.92 Å². The molecule has 1 aliphatic rings. The summed E-state index contributed by atoms with van der Waals surface area (Å²) in [6.07, 6.45) is 1.09. The predicted octanol–water partition coefficient (Wildman–Crippen LogP) is 2.16. The van der Waals surface area contributed by atoms with Gasteiger partial charge in [0.1, 0.15) is 0 Å². The molecular weight excluding hydrogens is 288 g/mol. The smallest absolute Gasteiger partial charge is 0.309 e. The first-order valence-electron chi connectivity index (χ1n) is 5.39. The van der Waals surface area contributed by atoms with Crippen molar-refractivity contribution in [2.45, 2.75) is 23.6 Å². The zero-order valence-corrected chi connectivity index (χ0v) is 11.7. The molecule has 1 rings (SSSR count). The molecule has 4 nitrogen and oxygen atoms in total. The van der Waals surface area contributed by atoms with Gasteiger partial charge in [-0.25, -0.2) is 0 Å². The highest BCUT2D eigenvalue weighted by Crippen LogP contribution is 2.30. The SMILES string of the molecule is CCOC(=O)C1CCN(C(=O)C(Cl)(Cl)Cl)CC1. The van der Waals surface area contributed by atoms with Gasteiger partial charge in [0.2, 0.25) is 0 Å². The molecule has 0 spiro atoms. The molecule has 0 saturated carbocycles. The van der Waals surface area contributed by atoms with Gasteiger partial charge in [0, 0.05) is 13.1 Å². The molecule has 0 aromatic carbocycles. The molecule has 1 saturated heterocycles. The number of hydrogen-bond acceptors (Lipinski definition) is 3. The van der Waals surface area contributed by atoms with E-state index in [-0.39, 0.29) is 11.9 Å². The Morgan fingerprint density at radius 2 is 1.82 bits per heavy atom. The summed E-state index contributed by atoms with van der Waals surface area (Å²) in [4.78, 5) is 24.6. The molecule has 0 unspecified atom stereocenters. The summed E-state index contributed by atoms with van der Waals surface area (Å²) in [5.41, 5.74) is 0. The average Bonchev–Trinajstić information content (AvgIpc) is 2.27. The van der Waals surface area contributed by atoms with E-state index in [0.29, 0.717) is 32.5 Å². The van der Waals surface area contributed by atoms with Crippen molar-refractivity contribution in [1.82, 2.24) is 4.90 Å². The van der Waals surface area contributed by atoms with Crippen LogP contribution in [0.1, 0.15) is 19.8 Å². The number of amides is 1. The molecular formula is C10H14Cl3NO3. The molecule has 0 aromatic heterocycles. The van der Waals surface area contributed by atoms with Gasteiger partial charge in [0.15, 0.2) is 0 Å². The number of carbonyl (C=O) groups is 2. The van der Waals surface area contributed by atoms with Crippen molar-refractivity contribution >= 4 is 46.7 Å². The fourth-order valence-electron chi connectivity index (χ4n) is 1.76. The van der Waals surface area contributed by atoms with Crippen LogP contribution in [-0.2, 0) is 14.3 Å². The summed E-state index contributed by atoms with van der Waals surface area (Å²) in [6, 6.07) is 0. The van der Waals surface area contributed by atoms with E-state index in [9.17, 15) is 9.59 Å². The third kappa shape index (κ3) is 4.19. The highest BCUT2D eigenvalue weighted by atomic mass is 35.6. The number of halogens is 3. The van der Waals surface area contributed by atoms with E-state index in [1.165, 1.54) is 4.90 Å². The van der Waals surface area contributed by atoms with Gasteiger partial charge in [-0.15, -0.1) is 0 Å². The van der Waals surface area contributed by atoms with E-state index in [1.807, 2.05) is 0 Å². The van der Waals surface area contributed by atoms with E-state index in [1.54, 1.807) is 6.92 Å². The van der Waals surface area contributed by atoms with Gasteiger partial charge < -0.3 is 9.64 Å². The predicted molar refractivity (Wildman–Crippen MR) is 66.2 cm³/mol. The molecule has 0 aliphatic carbocycles. The fraction of sp³-hybridized carbons (Fsp3) is 0.800. The topological polar surface area (TPSA) is 46.6 Å². The summed E-state index contributed by atoms with van der Waals surface area (Å²) >= 11 is 16.5. The Bertz CT molecular complexity index is 296. The Morgan fingerprint density at radius 1 is 1.29 bits per heavy atom. The lowest BCUT2D eigenvalue weighted by molar-refractivity contribution is -0.151. The van der Waals surface area contributed by atoms with Crippen LogP contribution in [0.15, 0.2) is 0 Å². The zero-order valence-electron chi connectivity index (χ0n) is 9.42. The van der Waals surface area contributed by atoms with Gasteiger partial charge in [-0.3, -0.25) is 9.59 Å². The van der Waals surface area contributed by atoms with E-state index in [0.717, 1.165) is 0 Å². The number of alkyl halides is 3. The third-order valence-electron chi connectivity index (χ3n) is 2.64. The van der Waals surface area contributed by atoms with Crippen LogP contribution in [0.5, 0.6) is 0 Å². The first-order chi connectivity index (χ1) is 7.86. The van der Waals surface area contributed by atoms with Crippen molar-refractivity contribution < 1.29 is 14.3 Å². The molecule has 1 heterocycles. The summed E-state index contributed by atoms with van der Waals surface area (Å²) in [7, 11) is 0. The van der Waals surface area contributed by atoms with Gasteiger partial charge in [-0.2, -0.15) is 0 Å². The first-order valence-corrected chi connectivity index (χ1v) is 6.52. The number of ether oxygens (including phenoxy) is 1. The molecule has 0 N–H and O–H groups in total. The Kier molecular flexibility index (Phi) is 5.35. The van der Waals surface area contributed by atoms with Crippen LogP contribution in [0.25, 0.3) is 0 Å². The number of likely N-dealkylation sites (tertiary alicyclic amines) is 1. The number of carbonyl (C=O) groups excluding carboxylic acids is 2. The molecule has 0 atom stereocenters. The molecule has 0 aromatic rings. The van der Waals surface area contributed by atoms with Crippen LogP contribution in [0.2, 0.25) is 0 Å². The normalized spacial score (nSPS) is 18.0. The Morgan fingerprint density at radius 3 is 2.24 bits per heavy atom. The molecule has 1 aliphatic heterocycles. The van der Waals surface area contributed by atoms with Crippen molar-refractivity contribution in [3.8, 4) is 0 Å². The number of rotatable bonds is 2. The number of hydrogen-bond donors (Lipinski definition) is 0. The van der Waals surface area contributed by atoms with Crippen molar-refractivity contribution in [3.05, 3.63) is 0 Å². The Balaban J connectivity index is 2.46. The maximum atomic E-state index is 11.6. The van der Waals surface area contributed by atoms with Crippen LogP contribution in [0.3, 0.4) is 0 Å². The van der Waals surface area contributed by atoms with Gasteiger partial charge in [0.25, 0.3) is 9.70 Å². The largest absolute Gasteiger partial charge is 0.466 e. The van der Waals surface area contributed by atoms with E-state index >= 15 is 0 Å². The van der Waals surface area contributed by atoms with Crippen LogP contribution in [-0.4, -0.2) is 40.3 Å². The minimum atomic E-state index is -1.92. The van der Waals surface area contributed by atoms with Gasteiger partial charge in [-0.05, 0) is 19.8 Å². The van der Waals surface area contributed by atoms with Gasteiger partial charge >= 0.3 is 5.97 Å². The molecule has 1 fully saturated rings. The Hall–Kier alpha value is -0.190. The zero-order chi connectivity index (χ0) is 13.1. The van der Waals surface area contributed by atoms with E-state index in [4.69, 9.17) is 39.5 Å². The minimum Gasteiger partial charge on any atom is -0.466 e. The summed E-state index contributed by atoms with van der Waals surface area (Å²) in [5.74, 6) is -0.910. The highest BCUT2D eigenvalue weighted by molar-refractivity contribution is 6.76. The van der Waals surface area contributed by atoms with Crippen molar-refractivity contribution in [3.63, 3.8) is 0 Å². The fourth-order valence-corrected chi connectivity index (χ4v) is 2.12. The second kappa shape index (κ2) is 6.12. The lowest BCUT2D eigenvalue weighted by atomic mass is 9.97. The van der Waals surface area contributed by atoms with Crippen LogP contribution < -0.4 is 0 Å². The van der Waals surface area contributed by atoms with Crippen LogP contribution in [0.4, 0.5) is 0 Å². The standard InChI is InChI=1S/C10H14Cl3NO3/c1-2-17-8(15)7-3-5-14(6-4-7)9(16)10(11,12)13/h7H,2-6H2,1H3. The number of nitrogens with zero attached hydrogens (tertiary/aromatic N) is 1. The van der Waals surface area contributed by atoms with Crippen LogP contribution >= 0.6 is 34.8 Å². The average molecular weight is 303 g/mol. The Labute approximate surface area is 115 Å². The summed E-state index contributed by atoms with van der Waals surface area (Å²) < 4.78 is 3.00. The maximum absolute atomic E-state index is 11.6.